The molecule has 1 aliphatic heterocycles. The van der Waals surface area contributed by atoms with Gasteiger partial charge < -0.3 is 9.64 Å². The third-order valence-corrected chi connectivity index (χ3v) is 3.55. The molecule has 0 saturated heterocycles. The van der Waals surface area contributed by atoms with Crippen molar-refractivity contribution in [3.63, 3.8) is 0 Å². The molecule has 2 aromatic rings. The lowest BCUT2D eigenvalue weighted by Crippen LogP contribution is -2.36. The van der Waals surface area contributed by atoms with E-state index < -0.39 is 0 Å². The summed E-state index contributed by atoms with van der Waals surface area (Å²) in [4.78, 5) is 18.3. The molecule has 0 unspecified atom stereocenters. The number of nitrogens with zero attached hydrogens (tertiary/aromatic N) is 3. The second kappa shape index (κ2) is 5.42. The molecule has 6 nitrogen and oxygen atoms in total. The first kappa shape index (κ1) is 12.8. The Kier molecular flexibility index (Phi) is 3.47. The van der Waals surface area contributed by atoms with Crippen LogP contribution >= 0.6 is 0 Å². The van der Waals surface area contributed by atoms with Gasteiger partial charge in [0.15, 0.2) is 0 Å². The van der Waals surface area contributed by atoms with Crippen molar-refractivity contribution in [2.75, 3.05) is 13.7 Å². The van der Waals surface area contributed by atoms with Gasteiger partial charge in [-0.15, -0.1) is 0 Å². The molecule has 0 radical (unpaired) electrons. The van der Waals surface area contributed by atoms with Gasteiger partial charge in [0.25, 0.3) is 5.91 Å². The van der Waals surface area contributed by atoms with Gasteiger partial charge in [-0.05, 0) is 29.2 Å². The number of pyridine rings is 1. The number of aromatic nitrogens is 3. The lowest BCUT2D eigenvalue weighted by molar-refractivity contribution is 0.0727. The van der Waals surface area contributed by atoms with Crippen molar-refractivity contribution in [3.8, 4) is 0 Å². The minimum absolute atomic E-state index is 0.0229. The van der Waals surface area contributed by atoms with Gasteiger partial charge >= 0.3 is 0 Å². The third kappa shape index (κ3) is 2.30. The summed E-state index contributed by atoms with van der Waals surface area (Å²) >= 11 is 0. The number of hydrogen-bond acceptors (Lipinski definition) is 4. The Labute approximate surface area is 116 Å². The number of fused-ring (bicyclic) bond motifs is 1. The Morgan fingerprint density at radius 2 is 2.40 bits per heavy atom. The highest BCUT2D eigenvalue weighted by Crippen LogP contribution is 2.23. The van der Waals surface area contributed by atoms with Crippen molar-refractivity contribution in [2.45, 2.75) is 19.6 Å². The highest BCUT2D eigenvalue weighted by atomic mass is 16.5. The van der Waals surface area contributed by atoms with E-state index in [4.69, 9.17) is 4.74 Å². The Morgan fingerprint density at radius 3 is 3.15 bits per heavy atom. The number of carbonyl (C=O) groups is 1. The fourth-order valence-corrected chi connectivity index (χ4v) is 2.57. The van der Waals surface area contributed by atoms with Gasteiger partial charge in [-0.2, -0.15) is 5.10 Å². The van der Waals surface area contributed by atoms with Crippen LogP contribution in [0, 0.1) is 0 Å². The zero-order valence-corrected chi connectivity index (χ0v) is 11.3. The Hall–Kier alpha value is -2.21. The second-order valence-corrected chi connectivity index (χ2v) is 4.82. The Morgan fingerprint density at radius 1 is 1.50 bits per heavy atom. The fraction of sp³-hybridized carbons (Fsp3) is 0.357. The van der Waals surface area contributed by atoms with Crippen molar-refractivity contribution in [1.82, 2.24) is 20.1 Å². The minimum atomic E-state index is -0.0229. The predicted octanol–water partition coefficient (Wildman–Crippen LogP) is 1.15. The average molecular weight is 272 g/mol. The van der Waals surface area contributed by atoms with Gasteiger partial charge in [0.2, 0.25) is 0 Å². The van der Waals surface area contributed by atoms with Crippen LogP contribution in [0.5, 0.6) is 0 Å². The molecule has 0 spiro atoms. The first-order valence-corrected chi connectivity index (χ1v) is 6.52. The molecule has 1 N–H and O–H groups in total. The molecule has 0 aromatic carbocycles. The number of amides is 1. The summed E-state index contributed by atoms with van der Waals surface area (Å²) in [5, 5.41) is 6.53. The van der Waals surface area contributed by atoms with E-state index >= 15 is 0 Å². The number of hydrogen-bond donors (Lipinski definition) is 1. The van der Waals surface area contributed by atoms with E-state index in [-0.39, 0.29) is 5.91 Å². The van der Waals surface area contributed by atoms with Crippen LogP contribution in [0.25, 0.3) is 0 Å². The van der Waals surface area contributed by atoms with E-state index in [0.717, 1.165) is 17.5 Å². The molecule has 0 fully saturated rings. The first-order chi connectivity index (χ1) is 9.79. The summed E-state index contributed by atoms with van der Waals surface area (Å²) in [5.74, 6) is -0.0229. The molecular formula is C14H16N4O2. The molecule has 0 saturated carbocycles. The van der Waals surface area contributed by atoms with Crippen LogP contribution < -0.4 is 0 Å². The molecule has 6 heteroatoms. The summed E-state index contributed by atoms with van der Waals surface area (Å²) in [7, 11) is 1.68. The number of aromatic amines is 1. The maximum Gasteiger partial charge on any atom is 0.272 e. The van der Waals surface area contributed by atoms with Crippen LogP contribution in [-0.4, -0.2) is 39.6 Å². The molecule has 1 amide bonds. The summed E-state index contributed by atoms with van der Waals surface area (Å²) in [6.45, 7) is 1.84. The zero-order chi connectivity index (χ0) is 13.9. The molecule has 104 valence electrons. The van der Waals surface area contributed by atoms with E-state index in [1.54, 1.807) is 19.4 Å². The lowest BCUT2D eigenvalue weighted by atomic mass is 9.97. The van der Waals surface area contributed by atoms with Crippen molar-refractivity contribution in [2.24, 2.45) is 0 Å². The molecule has 3 rings (SSSR count). The number of nitrogens with one attached hydrogen (secondary N) is 1. The molecule has 0 bridgehead atoms. The van der Waals surface area contributed by atoms with E-state index in [9.17, 15) is 4.79 Å². The number of methoxy groups -OCH3 is 1. The topological polar surface area (TPSA) is 71.1 Å². The van der Waals surface area contributed by atoms with Crippen LogP contribution in [0.15, 0.2) is 24.7 Å². The molecule has 0 aliphatic carbocycles. The van der Waals surface area contributed by atoms with Crippen LogP contribution in [0.2, 0.25) is 0 Å². The SMILES string of the molecule is COCc1cncc2c1CCN(C(=O)c1ccn[nH]1)C2. The van der Waals surface area contributed by atoms with Crippen molar-refractivity contribution < 1.29 is 9.53 Å². The Bertz CT molecular complexity index is 610. The highest BCUT2D eigenvalue weighted by molar-refractivity contribution is 5.92. The van der Waals surface area contributed by atoms with E-state index in [2.05, 4.69) is 15.2 Å². The zero-order valence-electron chi connectivity index (χ0n) is 11.3. The quantitative estimate of drug-likeness (QED) is 0.910. The maximum absolute atomic E-state index is 12.3. The van der Waals surface area contributed by atoms with E-state index in [1.807, 2.05) is 17.3 Å². The van der Waals surface area contributed by atoms with Gasteiger partial charge in [0.1, 0.15) is 5.69 Å². The third-order valence-electron chi connectivity index (χ3n) is 3.55. The summed E-state index contributed by atoms with van der Waals surface area (Å²) in [6.07, 6.45) is 6.09. The minimum Gasteiger partial charge on any atom is -0.380 e. The van der Waals surface area contributed by atoms with E-state index in [0.29, 0.717) is 25.4 Å². The molecule has 0 atom stereocenters. The van der Waals surface area contributed by atoms with Crippen molar-refractivity contribution in [1.29, 1.82) is 0 Å². The average Bonchev–Trinajstić information content (AvgIpc) is 3.01. The lowest BCUT2D eigenvalue weighted by Gasteiger charge is -2.29. The molecular weight excluding hydrogens is 256 g/mol. The van der Waals surface area contributed by atoms with Gasteiger partial charge in [-0.25, -0.2) is 0 Å². The van der Waals surface area contributed by atoms with Gasteiger partial charge in [-0.1, -0.05) is 0 Å². The number of carbonyl (C=O) groups excluding carboxylic acids is 1. The first-order valence-electron chi connectivity index (χ1n) is 6.52. The molecule has 1 aliphatic rings. The molecule has 2 aromatic heterocycles. The van der Waals surface area contributed by atoms with Crippen molar-refractivity contribution >= 4 is 5.91 Å². The fourth-order valence-electron chi connectivity index (χ4n) is 2.57. The maximum atomic E-state index is 12.3. The predicted molar refractivity (Wildman–Crippen MR) is 72.0 cm³/mol. The smallest absolute Gasteiger partial charge is 0.272 e. The number of rotatable bonds is 3. The Balaban J connectivity index is 1.82. The molecule has 20 heavy (non-hydrogen) atoms. The number of H-pyrrole nitrogens is 1. The normalized spacial score (nSPS) is 14.2. The summed E-state index contributed by atoms with van der Waals surface area (Å²) < 4.78 is 5.19. The van der Waals surface area contributed by atoms with Gasteiger partial charge in [0, 0.05) is 38.8 Å². The summed E-state index contributed by atoms with van der Waals surface area (Å²) in [6, 6.07) is 1.69. The van der Waals surface area contributed by atoms with Crippen molar-refractivity contribution in [3.05, 3.63) is 47.0 Å². The molecule has 3 heterocycles. The van der Waals surface area contributed by atoms with Crippen LogP contribution in [-0.2, 0) is 24.3 Å². The van der Waals surface area contributed by atoms with Crippen LogP contribution in [0.1, 0.15) is 27.2 Å². The standard InChI is InChI=1S/C14H16N4O2/c1-20-9-11-7-15-6-10-8-18(5-3-12(10)11)14(19)13-2-4-16-17-13/h2,4,6-7H,3,5,8-9H2,1H3,(H,16,17). The van der Waals surface area contributed by atoms with E-state index in [1.165, 1.54) is 5.56 Å². The highest BCUT2D eigenvalue weighted by Gasteiger charge is 2.24. The number of ether oxygens (including phenoxy) is 1. The largest absolute Gasteiger partial charge is 0.380 e. The van der Waals surface area contributed by atoms with Crippen LogP contribution in [0.3, 0.4) is 0 Å². The van der Waals surface area contributed by atoms with Gasteiger partial charge in [0.05, 0.1) is 6.61 Å². The van der Waals surface area contributed by atoms with Crippen LogP contribution in [0.4, 0.5) is 0 Å². The summed E-state index contributed by atoms with van der Waals surface area (Å²) in [5.41, 5.74) is 3.99. The van der Waals surface area contributed by atoms with Gasteiger partial charge in [-0.3, -0.25) is 14.9 Å². The second-order valence-electron chi connectivity index (χ2n) is 4.82. The monoisotopic (exact) mass is 272 g/mol.